The van der Waals surface area contributed by atoms with Gasteiger partial charge in [-0.15, -0.1) is 0 Å². The third-order valence-electron chi connectivity index (χ3n) is 3.49. The molecule has 0 aliphatic heterocycles. The van der Waals surface area contributed by atoms with Crippen molar-refractivity contribution in [3.63, 3.8) is 0 Å². The second-order valence-corrected chi connectivity index (χ2v) is 6.15. The van der Waals surface area contributed by atoms with Crippen molar-refractivity contribution >= 4 is 34.5 Å². The topological polar surface area (TPSA) is 58.2 Å². The maximum absolute atomic E-state index is 14.0. The number of amides is 2. The summed E-state index contributed by atoms with van der Waals surface area (Å²) in [6.45, 7) is 0. The first-order valence-electron chi connectivity index (χ1n) is 7.59. The third kappa shape index (κ3) is 4.51. The first-order chi connectivity index (χ1) is 12.1. The quantitative estimate of drug-likeness (QED) is 0.717. The minimum atomic E-state index is -0.560. The van der Waals surface area contributed by atoms with E-state index in [0.717, 1.165) is 5.56 Å². The normalized spacial score (nSPS) is 10.3. The predicted octanol–water partition coefficient (Wildman–Crippen LogP) is 4.32. The fourth-order valence-electron chi connectivity index (χ4n) is 2.27. The van der Waals surface area contributed by atoms with E-state index in [9.17, 15) is 14.0 Å². The summed E-state index contributed by atoms with van der Waals surface area (Å²) in [7, 11) is 0. The molecule has 4 nitrogen and oxygen atoms in total. The third-order valence-corrected chi connectivity index (χ3v) is 4.17. The fourth-order valence-corrected chi connectivity index (χ4v) is 2.91. The highest BCUT2D eigenvalue weighted by Crippen LogP contribution is 2.21. The molecule has 0 atom stereocenters. The molecule has 25 heavy (non-hydrogen) atoms. The molecule has 0 bridgehead atoms. The molecular formula is C19H15FN2O2S. The Morgan fingerprint density at radius 1 is 1.00 bits per heavy atom. The lowest BCUT2D eigenvalue weighted by Crippen LogP contribution is -2.16. The lowest BCUT2D eigenvalue weighted by Gasteiger charge is -2.10. The average Bonchev–Trinajstić information content (AvgIpc) is 3.13. The van der Waals surface area contributed by atoms with Gasteiger partial charge in [0.05, 0.1) is 17.7 Å². The number of rotatable bonds is 5. The molecule has 2 N–H and O–H groups in total. The van der Waals surface area contributed by atoms with E-state index >= 15 is 0 Å². The number of carbonyl (C=O) groups excluding carboxylic acids is 2. The smallest absolute Gasteiger partial charge is 0.256 e. The van der Waals surface area contributed by atoms with Crippen molar-refractivity contribution in [3.8, 4) is 0 Å². The molecule has 3 aromatic rings. The van der Waals surface area contributed by atoms with Crippen LogP contribution in [0.5, 0.6) is 0 Å². The van der Waals surface area contributed by atoms with Crippen LogP contribution in [0.4, 0.5) is 15.8 Å². The van der Waals surface area contributed by atoms with Crippen LogP contribution in [0.2, 0.25) is 0 Å². The molecule has 0 saturated heterocycles. The second-order valence-electron chi connectivity index (χ2n) is 5.37. The number of benzene rings is 2. The highest BCUT2D eigenvalue weighted by Gasteiger charge is 2.11. The van der Waals surface area contributed by atoms with Crippen LogP contribution in [0.25, 0.3) is 0 Å². The number of anilines is 2. The van der Waals surface area contributed by atoms with Gasteiger partial charge in [0, 0.05) is 11.1 Å². The van der Waals surface area contributed by atoms with Crippen LogP contribution >= 0.6 is 11.3 Å². The Morgan fingerprint density at radius 3 is 2.52 bits per heavy atom. The van der Waals surface area contributed by atoms with E-state index in [1.807, 2.05) is 30.3 Å². The minimum Gasteiger partial charge on any atom is -0.323 e. The molecule has 1 heterocycles. The molecule has 0 fully saturated rings. The van der Waals surface area contributed by atoms with Crippen LogP contribution in [-0.2, 0) is 11.2 Å². The number of hydrogen-bond acceptors (Lipinski definition) is 3. The van der Waals surface area contributed by atoms with Gasteiger partial charge < -0.3 is 10.6 Å². The van der Waals surface area contributed by atoms with Gasteiger partial charge in [-0.05, 0) is 35.2 Å². The molecule has 0 aliphatic carbocycles. The van der Waals surface area contributed by atoms with E-state index in [0.29, 0.717) is 11.3 Å². The number of thiophene rings is 1. The monoisotopic (exact) mass is 354 g/mol. The van der Waals surface area contributed by atoms with E-state index in [4.69, 9.17) is 0 Å². The summed E-state index contributed by atoms with van der Waals surface area (Å²) in [6.07, 6.45) is 0.145. The summed E-state index contributed by atoms with van der Waals surface area (Å²) in [6, 6.07) is 15.0. The molecule has 0 unspecified atom stereocenters. The van der Waals surface area contributed by atoms with Crippen LogP contribution in [-0.4, -0.2) is 11.8 Å². The zero-order chi connectivity index (χ0) is 17.6. The van der Waals surface area contributed by atoms with E-state index < -0.39 is 5.82 Å². The van der Waals surface area contributed by atoms with Crippen molar-refractivity contribution < 1.29 is 14.0 Å². The highest BCUT2D eigenvalue weighted by atomic mass is 32.1. The maximum Gasteiger partial charge on any atom is 0.256 e. The van der Waals surface area contributed by atoms with Gasteiger partial charge in [0.2, 0.25) is 5.91 Å². The van der Waals surface area contributed by atoms with Crippen molar-refractivity contribution in [1.82, 2.24) is 0 Å². The van der Waals surface area contributed by atoms with Crippen molar-refractivity contribution in [2.24, 2.45) is 0 Å². The molecule has 1 aromatic heterocycles. The summed E-state index contributed by atoms with van der Waals surface area (Å²) in [5.41, 5.74) is 1.81. The van der Waals surface area contributed by atoms with Crippen LogP contribution in [0.15, 0.2) is 65.4 Å². The Bertz CT molecular complexity index is 880. The average molecular weight is 354 g/mol. The Hall–Kier alpha value is -2.99. The number of hydrogen-bond donors (Lipinski definition) is 2. The summed E-state index contributed by atoms with van der Waals surface area (Å²) in [5.74, 6) is -1.17. The number of carbonyl (C=O) groups is 2. The van der Waals surface area contributed by atoms with E-state index in [2.05, 4.69) is 10.6 Å². The molecule has 6 heteroatoms. The standard InChI is InChI=1S/C19H15FN2O2S/c20-16-7-6-15(21-19(24)14-8-9-25-12-14)11-17(16)22-18(23)10-13-4-2-1-3-5-13/h1-9,11-12H,10H2,(H,21,24)(H,22,23). The molecule has 2 amide bonds. The van der Waals surface area contributed by atoms with E-state index in [1.165, 1.54) is 29.5 Å². The summed E-state index contributed by atoms with van der Waals surface area (Å²) in [5, 5.41) is 8.75. The van der Waals surface area contributed by atoms with Gasteiger partial charge in [0.15, 0.2) is 0 Å². The van der Waals surface area contributed by atoms with Gasteiger partial charge in [0.25, 0.3) is 5.91 Å². The van der Waals surface area contributed by atoms with Gasteiger partial charge in [-0.1, -0.05) is 30.3 Å². The van der Waals surface area contributed by atoms with Gasteiger partial charge >= 0.3 is 0 Å². The molecule has 2 aromatic carbocycles. The van der Waals surface area contributed by atoms with Crippen molar-refractivity contribution in [2.75, 3.05) is 10.6 Å². The Kier molecular flexibility index (Phi) is 5.20. The summed E-state index contributed by atoms with van der Waals surface area (Å²) < 4.78 is 14.0. The van der Waals surface area contributed by atoms with Crippen molar-refractivity contribution in [2.45, 2.75) is 6.42 Å². The number of halogens is 1. The zero-order valence-electron chi connectivity index (χ0n) is 13.2. The van der Waals surface area contributed by atoms with E-state index in [1.54, 1.807) is 16.8 Å². The second kappa shape index (κ2) is 7.72. The zero-order valence-corrected chi connectivity index (χ0v) is 14.0. The van der Waals surface area contributed by atoms with Gasteiger partial charge in [-0.25, -0.2) is 4.39 Å². The molecule has 0 aliphatic rings. The summed E-state index contributed by atoms with van der Waals surface area (Å²) in [4.78, 5) is 24.1. The van der Waals surface area contributed by atoms with Gasteiger partial charge in [0.1, 0.15) is 5.82 Å². The minimum absolute atomic E-state index is 0.0315. The molecule has 0 spiro atoms. The SMILES string of the molecule is O=C(Cc1ccccc1)Nc1cc(NC(=O)c2ccsc2)ccc1F. The van der Waals surface area contributed by atoms with Crippen molar-refractivity contribution in [3.05, 3.63) is 82.3 Å². The lowest BCUT2D eigenvalue weighted by atomic mass is 10.1. The van der Waals surface area contributed by atoms with Crippen LogP contribution in [0, 0.1) is 5.82 Å². The first-order valence-corrected chi connectivity index (χ1v) is 8.53. The molecule has 0 radical (unpaired) electrons. The van der Waals surface area contributed by atoms with Gasteiger partial charge in [-0.3, -0.25) is 9.59 Å². The van der Waals surface area contributed by atoms with Crippen molar-refractivity contribution in [1.29, 1.82) is 0 Å². The molecule has 126 valence electrons. The maximum atomic E-state index is 14.0. The first kappa shape index (κ1) is 16.9. The van der Waals surface area contributed by atoms with Crippen LogP contribution in [0.1, 0.15) is 15.9 Å². The Morgan fingerprint density at radius 2 is 1.80 bits per heavy atom. The summed E-state index contributed by atoms with van der Waals surface area (Å²) >= 11 is 1.42. The molecular weight excluding hydrogens is 339 g/mol. The molecule has 3 rings (SSSR count). The molecule has 0 saturated carbocycles. The van der Waals surface area contributed by atoms with E-state index in [-0.39, 0.29) is 23.9 Å². The highest BCUT2D eigenvalue weighted by molar-refractivity contribution is 7.08. The van der Waals surface area contributed by atoms with Gasteiger partial charge in [-0.2, -0.15) is 11.3 Å². The Balaban J connectivity index is 1.69. The predicted molar refractivity (Wildman–Crippen MR) is 97.4 cm³/mol. The lowest BCUT2D eigenvalue weighted by molar-refractivity contribution is -0.115. The Labute approximate surface area is 148 Å². The fraction of sp³-hybridized carbons (Fsp3) is 0.0526. The van der Waals surface area contributed by atoms with Crippen LogP contribution < -0.4 is 10.6 Å². The van der Waals surface area contributed by atoms with Crippen LogP contribution in [0.3, 0.4) is 0 Å². The number of nitrogens with one attached hydrogen (secondary N) is 2. The largest absolute Gasteiger partial charge is 0.323 e.